The number of hydrogen-bond acceptors (Lipinski definition) is 5. The minimum atomic E-state index is -0.173. The lowest BCUT2D eigenvalue weighted by Gasteiger charge is -2.23. The Kier molecular flexibility index (Phi) is 6.03. The molecule has 3 heterocycles. The van der Waals surface area contributed by atoms with Gasteiger partial charge in [-0.15, -0.1) is 0 Å². The van der Waals surface area contributed by atoms with Gasteiger partial charge in [0.1, 0.15) is 18.1 Å². The number of nitrogens with one attached hydrogen (secondary N) is 1. The third kappa shape index (κ3) is 4.39. The predicted molar refractivity (Wildman–Crippen MR) is 128 cm³/mol. The van der Waals surface area contributed by atoms with Crippen LogP contribution >= 0.6 is 11.3 Å². The summed E-state index contributed by atoms with van der Waals surface area (Å²) >= 11 is 1.60. The highest BCUT2D eigenvalue weighted by Crippen LogP contribution is 2.44. The fourth-order valence-corrected chi connectivity index (χ4v) is 4.50. The maximum atomic E-state index is 13.1. The molecule has 0 aliphatic carbocycles. The SMILES string of the molecule is COc1cc2c(cc1CC(C)C)-c1c(c(C(=O)NCC(C)(C)C)nn1-c1ccsc1)CO2. The maximum absolute atomic E-state index is 13.1. The number of ether oxygens (including phenoxy) is 2. The molecule has 1 N–H and O–H groups in total. The molecule has 0 radical (unpaired) electrons. The fourth-order valence-electron chi connectivity index (χ4n) is 3.89. The molecular formula is C25H31N3O3S. The van der Waals surface area contributed by atoms with Crippen LogP contribution in [0.5, 0.6) is 11.5 Å². The van der Waals surface area contributed by atoms with Crippen molar-refractivity contribution in [2.45, 2.75) is 47.6 Å². The van der Waals surface area contributed by atoms with Crippen LogP contribution in [0.1, 0.15) is 56.2 Å². The number of methoxy groups -OCH3 is 1. The van der Waals surface area contributed by atoms with Crippen molar-refractivity contribution in [3.05, 3.63) is 45.8 Å². The molecule has 1 aromatic carbocycles. The van der Waals surface area contributed by atoms with Gasteiger partial charge in [-0.1, -0.05) is 34.6 Å². The van der Waals surface area contributed by atoms with Gasteiger partial charge in [0.2, 0.25) is 0 Å². The number of amides is 1. The van der Waals surface area contributed by atoms with Crippen molar-refractivity contribution in [2.24, 2.45) is 11.3 Å². The molecule has 0 atom stereocenters. The zero-order chi connectivity index (χ0) is 23.0. The Bertz CT molecular complexity index is 1120. The summed E-state index contributed by atoms with van der Waals surface area (Å²) in [5.41, 5.74) is 5.13. The van der Waals surface area contributed by atoms with Crippen LogP contribution in [0, 0.1) is 11.3 Å². The second-order valence-corrected chi connectivity index (χ2v) is 10.6. The van der Waals surface area contributed by atoms with Crippen LogP contribution in [0.2, 0.25) is 0 Å². The minimum Gasteiger partial charge on any atom is -0.496 e. The summed E-state index contributed by atoms with van der Waals surface area (Å²) < 4.78 is 13.6. The van der Waals surface area contributed by atoms with E-state index in [4.69, 9.17) is 14.6 Å². The number of carbonyl (C=O) groups excluding carboxylic acids is 1. The molecule has 32 heavy (non-hydrogen) atoms. The normalized spacial score (nSPS) is 12.8. The van der Waals surface area contributed by atoms with Crippen molar-refractivity contribution in [3.8, 4) is 28.4 Å². The Morgan fingerprint density at radius 3 is 2.75 bits per heavy atom. The Morgan fingerprint density at radius 2 is 2.12 bits per heavy atom. The Hall–Kier alpha value is -2.80. The zero-order valence-corrected chi connectivity index (χ0v) is 20.4. The van der Waals surface area contributed by atoms with Crippen LogP contribution in [-0.4, -0.2) is 29.3 Å². The van der Waals surface area contributed by atoms with E-state index in [0.29, 0.717) is 18.2 Å². The summed E-state index contributed by atoms with van der Waals surface area (Å²) in [4.78, 5) is 13.1. The van der Waals surface area contributed by atoms with E-state index in [-0.39, 0.29) is 17.9 Å². The molecule has 0 spiro atoms. The van der Waals surface area contributed by atoms with Crippen molar-refractivity contribution in [1.29, 1.82) is 0 Å². The van der Waals surface area contributed by atoms with Gasteiger partial charge < -0.3 is 14.8 Å². The van der Waals surface area contributed by atoms with Crippen molar-refractivity contribution in [1.82, 2.24) is 15.1 Å². The number of carbonyl (C=O) groups is 1. The molecule has 6 nitrogen and oxygen atoms in total. The number of benzene rings is 1. The van der Waals surface area contributed by atoms with E-state index in [0.717, 1.165) is 46.0 Å². The highest BCUT2D eigenvalue weighted by molar-refractivity contribution is 7.08. The highest BCUT2D eigenvalue weighted by atomic mass is 32.1. The van der Waals surface area contributed by atoms with Crippen molar-refractivity contribution in [2.75, 3.05) is 13.7 Å². The van der Waals surface area contributed by atoms with Gasteiger partial charge in [0, 0.05) is 29.1 Å². The summed E-state index contributed by atoms with van der Waals surface area (Å²) in [7, 11) is 1.69. The quantitative estimate of drug-likeness (QED) is 0.537. The molecule has 1 aliphatic heterocycles. The molecule has 0 saturated carbocycles. The Balaban J connectivity index is 1.86. The Morgan fingerprint density at radius 1 is 1.34 bits per heavy atom. The Labute approximate surface area is 193 Å². The van der Waals surface area contributed by atoms with E-state index in [1.165, 1.54) is 0 Å². The monoisotopic (exact) mass is 453 g/mol. The topological polar surface area (TPSA) is 65.4 Å². The number of fused-ring (bicyclic) bond motifs is 3. The fraction of sp³-hybridized carbons (Fsp3) is 0.440. The minimum absolute atomic E-state index is 0.0168. The second kappa shape index (κ2) is 8.62. The summed E-state index contributed by atoms with van der Waals surface area (Å²) in [6, 6.07) is 6.11. The summed E-state index contributed by atoms with van der Waals surface area (Å²) in [5.74, 6) is 1.88. The van der Waals surface area contributed by atoms with Gasteiger partial charge in [0.05, 0.1) is 18.5 Å². The first kappa shape index (κ1) is 22.4. The number of thiophene rings is 1. The third-order valence-electron chi connectivity index (χ3n) is 5.37. The lowest BCUT2D eigenvalue weighted by Crippen LogP contribution is -2.33. The number of hydrogen-bond donors (Lipinski definition) is 1. The first-order valence-electron chi connectivity index (χ1n) is 10.9. The average molecular weight is 454 g/mol. The van der Waals surface area contributed by atoms with Crippen molar-refractivity contribution >= 4 is 17.2 Å². The molecule has 7 heteroatoms. The molecule has 0 saturated heterocycles. The zero-order valence-electron chi connectivity index (χ0n) is 19.6. The van der Waals surface area contributed by atoms with Crippen LogP contribution in [0.3, 0.4) is 0 Å². The molecule has 1 aliphatic rings. The summed E-state index contributed by atoms with van der Waals surface area (Å²) in [6.45, 7) is 11.5. The van der Waals surface area contributed by atoms with Gasteiger partial charge >= 0.3 is 0 Å². The standard InChI is InChI=1S/C25H31N3O3S/c1-15(2)9-16-10-18-21(11-20(16)30-6)31-12-19-22(24(29)26-14-25(3,4)5)27-28(23(18)19)17-7-8-32-13-17/h7-8,10-11,13,15H,9,12,14H2,1-6H3,(H,26,29). The molecular weight excluding hydrogens is 422 g/mol. The van der Waals surface area contributed by atoms with Gasteiger partial charge in [-0.25, -0.2) is 4.68 Å². The van der Waals surface area contributed by atoms with E-state index >= 15 is 0 Å². The van der Waals surface area contributed by atoms with Gasteiger partial charge in [0.15, 0.2) is 5.69 Å². The predicted octanol–water partition coefficient (Wildman–Crippen LogP) is 5.48. The third-order valence-corrected chi connectivity index (χ3v) is 6.04. The largest absolute Gasteiger partial charge is 0.496 e. The number of aromatic nitrogens is 2. The maximum Gasteiger partial charge on any atom is 0.272 e. The number of nitrogens with zero attached hydrogens (tertiary/aromatic N) is 2. The van der Waals surface area contributed by atoms with Gasteiger partial charge in [-0.05, 0) is 40.8 Å². The smallest absolute Gasteiger partial charge is 0.272 e. The molecule has 170 valence electrons. The first-order chi connectivity index (χ1) is 15.2. The molecule has 1 amide bonds. The average Bonchev–Trinajstić information content (AvgIpc) is 3.38. The lowest BCUT2D eigenvalue weighted by molar-refractivity contribution is 0.0931. The molecule has 4 rings (SSSR count). The van der Waals surface area contributed by atoms with E-state index in [9.17, 15) is 4.79 Å². The molecule has 0 fully saturated rings. The van der Waals surface area contributed by atoms with Crippen molar-refractivity contribution < 1.29 is 14.3 Å². The van der Waals surface area contributed by atoms with E-state index in [1.54, 1.807) is 18.4 Å². The van der Waals surface area contributed by atoms with Gasteiger partial charge in [0.25, 0.3) is 5.91 Å². The van der Waals surface area contributed by atoms with E-state index < -0.39 is 0 Å². The van der Waals surface area contributed by atoms with E-state index in [1.807, 2.05) is 27.6 Å². The van der Waals surface area contributed by atoms with Gasteiger partial charge in [-0.2, -0.15) is 16.4 Å². The highest BCUT2D eigenvalue weighted by Gasteiger charge is 2.31. The van der Waals surface area contributed by atoms with Gasteiger partial charge in [-0.3, -0.25) is 4.79 Å². The summed E-state index contributed by atoms with van der Waals surface area (Å²) in [6.07, 6.45) is 0.886. The van der Waals surface area contributed by atoms with Crippen molar-refractivity contribution in [3.63, 3.8) is 0 Å². The second-order valence-electron chi connectivity index (χ2n) is 9.86. The molecule has 3 aromatic rings. The molecule has 0 unspecified atom stereocenters. The molecule has 0 bridgehead atoms. The van der Waals surface area contributed by atoms with Crippen LogP contribution in [0.25, 0.3) is 16.9 Å². The van der Waals surface area contributed by atoms with Crippen LogP contribution in [0.4, 0.5) is 0 Å². The first-order valence-corrected chi connectivity index (χ1v) is 11.9. The summed E-state index contributed by atoms with van der Waals surface area (Å²) in [5, 5.41) is 11.9. The van der Waals surface area contributed by atoms with Crippen LogP contribution < -0.4 is 14.8 Å². The number of rotatable bonds is 6. The van der Waals surface area contributed by atoms with Crippen LogP contribution in [0.15, 0.2) is 29.0 Å². The lowest BCUT2D eigenvalue weighted by atomic mass is 9.95. The van der Waals surface area contributed by atoms with E-state index in [2.05, 4.69) is 46.0 Å². The van der Waals surface area contributed by atoms with Crippen LogP contribution in [-0.2, 0) is 13.0 Å². The molecule has 2 aromatic heterocycles.